The summed E-state index contributed by atoms with van der Waals surface area (Å²) >= 11 is 0. The molecule has 0 aliphatic heterocycles. The maximum atomic E-state index is 9.43. The predicted molar refractivity (Wildman–Crippen MR) is 114 cm³/mol. The van der Waals surface area contributed by atoms with Crippen molar-refractivity contribution in [2.24, 2.45) is 9.98 Å². The van der Waals surface area contributed by atoms with Crippen molar-refractivity contribution in [1.29, 1.82) is 0 Å². The fourth-order valence-corrected chi connectivity index (χ4v) is 1.76. The van der Waals surface area contributed by atoms with E-state index in [1.807, 2.05) is 39.8 Å². The maximum Gasteiger partial charge on any atom is 0.124 e. The Bertz CT molecular complexity index is 737. The SMILES string of the molecule is CC(C)(CO)N=Cc1ccccc1O.CC(C)(CO)N=Cc1ccccc1O.[Co]. The van der Waals surface area contributed by atoms with Crippen LogP contribution in [-0.4, -0.2) is 57.1 Å². The van der Waals surface area contributed by atoms with Crippen molar-refractivity contribution in [3.05, 3.63) is 59.7 Å². The van der Waals surface area contributed by atoms with Gasteiger partial charge in [-0.1, -0.05) is 24.3 Å². The largest absolute Gasteiger partial charge is 0.507 e. The minimum Gasteiger partial charge on any atom is -0.507 e. The summed E-state index contributed by atoms with van der Waals surface area (Å²) in [5.74, 6) is 0.398. The summed E-state index contributed by atoms with van der Waals surface area (Å²) in [7, 11) is 0. The first-order chi connectivity index (χ1) is 13.1. The Morgan fingerprint density at radius 3 is 1.28 bits per heavy atom. The molecular formula is C22H30CoN2O4. The van der Waals surface area contributed by atoms with Crippen molar-refractivity contribution in [3.8, 4) is 11.5 Å². The normalized spacial score (nSPS) is 11.8. The van der Waals surface area contributed by atoms with Crippen LogP contribution in [0.25, 0.3) is 0 Å². The molecule has 29 heavy (non-hydrogen) atoms. The molecule has 0 fully saturated rings. The van der Waals surface area contributed by atoms with E-state index in [-0.39, 0.29) is 41.5 Å². The Morgan fingerprint density at radius 1 is 0.690 bits per heavy atom. The van der Waals surface area contributed by atoms with Gasteiger partial charge in [0.2, 0.25) is 0 Å². The Morgan fingerprint density at radius 2 is 1.00 bits per heavy atom. The molecule has 0 spiro atoms. The zero-order chi connectivity index (χ0) is 21.2. The zero-order valence-electron chi connectivity index (χ0n) is 17.2. The second kappa shape index (κ2) is 12.4. The molecule has 0 bridgehead atoms. The van der Waals surface area contributed by atoms with Gasteiger partial charge in [-0.3, -0.25) is 9.98 Å². The van der Waals surface area contributed by atoms with E-state index in [2.05, 4.69) is 9.98 Å². The van der Waals surface area contributed by atoms with Crippen LogP contribution in [-0.2, 0) is 16.8 Å². The topological polar surface area (TPSA) is 106 Å². The van der Waals surface area contributed by atoms with Crippen LogP contribution < -0.4 is 0 Å². The van der Waals surface area contributed by atoms with Crippen LogP contribution in [0.1, 0.15) is 38.8 Å². The minimum atomic E-state index is -0.498. The van der Waals surface area contributed by atoms with Gasteiger partial charge in [-0.2, -0.15) is 0 Å². The molecule has 7 heteroatoms. The molecule has 0 aliphatic rings. The number of aliphatic hydroxyl groups excluding tert-OH is 2. The second-order valence-corrected chi connectivity index (χ2v) is 7.58. The molecular weight excluding hydrogens is 415 g/mol. The summed E-state index contributed by atoms with van der Waals surface area (Å²) in [6.45, 7) is 7.26. The van der Waals surface area contributed by atoms with Crippen LogP contribution in [0.15, 0.2) is 58.5 Å². The molecule has 2 rings (SSSR count). The third-order valence-corrected chi connectivity index (χ3v) is 3.75. The molecule has 0 heterocycles. The molecule has 0 unspecified atom stereocenters. The Balaban J connectivity index is 0.000000523. The number of aromatic hydroxyl groups is 2. The van der Waals surface area contributed by atoms with Crippen molar-refractivity contribution >= 4 is 12.4 Å². The van der Waals surface area contributed by atoms with Crippen molar-refractivity contribution in [3.63, 3.8) is 0 Å². The monoisotopic (exact) mass is 445 g/mol. The molecule has 2 aromatic carbocycles. The number of phenolic OH excluding ortho intramolecular Hbond substituents is 2. The van der Waals surface area contributed by atoms with Gasteiger partial charge in [0.15, 0.2) is 0 Å². The number of benzene rings is 2. The number of hydrogen-bond acceptors (Lipinski definition) is 6. The molecule has 0 saturated carbocycles. The van der Waals surface area contributed by atoms with E-state index in [9.17, 15) is 10.2 Å². The van der Waals surface area contributed by atoms with Gasteiger partial charge in [0, 0.05) is 40.3 Å². The fourth-order valence-electron chi connectivity index (χ4n) is 1.76. The molecule has 0 amide bonds. The van der Waals surface area contributed by atoms with E-state index in [4.69, 9.17) is 10.2 Å². The number of nitrogens with zero attached hydrogens (tertiary/aromatic N) is 2. The van der Waals surface area contributed by atoms with Crippen molar-refractivity contribution in [2.45, 2.75) is 38.8 Å². The van der Waals surface area contributed by atoms with E-state index in [1.165, 1.54) is 0 Å². The Labute approximate surface area is 182 Å². The third-order valence-electron chi connectivity index (χ3n) is 3.75. The summed E-state index contributed by atoms with van der Waals surface area (Å²) < 4.78 is 0. The molecule has 0 saturated heterocycles. The van der Waals surface area contributed by atoms with Crippen molar-refractivity contribution in [2.75, 3.05) is 13.2 Å². The van der Waals surface area contributed by atoms with E-state index < -0.39 is 11.1 Å². The van der Waals surface area contributed by atoms with Crippen LogP contribution in [0, 0.1) is 0 Å². The quantitative estimate of drug-likeness (QED) is 0.513. The van der Waals surface area contributed by atoms with Gasteiger partial charge in [-0.05, 0) is 52.0 Å². The average Bonchev–Trinajstić information content (AvgIpc) is 2.67. The summed E-state index contributed by atoms with van der Waals surface area (Å²) in [6.07, 6.45) is 3.15. The molecule has 0 aromatic heterocycles. The number of hydrogen-bond donors (Lipinski definition) is 4. The van der Waals surface area contributed by atoms with E-state index >= 15 is 0 Å². The Hall–Kier alpha value is -2.19. The molecule has 4 N–H and O–H groups in total. The van der Waals surface area contributed by atoms with Gasteiger partial charge >= 0.3 is 0 Å². The van der Waals surface area contributed by atoms with Crippen molar-refractivity contribution < 1.29 is 37.2 Å². The molecule has 0 aliphatic carbocycles. The molecule has 0 atom stereocenters. The third kappa shape index (κ3) is 10.2. The van der Waals surface area contributed by atoms with Crippen LogP contribution in [0.2, 0.25) is 0 Å². The van der Waals surface area contributed by atoms with Crippen molar-refractivity contribution in [1.82, 2.24) is 0 Å². The first-order valence-electron chi connectivity index (χ1n) is 8.98. The van der Waals surface area contributed by atoms with Gasteiger partial charge in [-0.15, -0.1) is 0 Å². The van der Waals surface area contributed by atoms with Gasteiger partial charge in [0.05, 0.1) is 24.3 Å². The summed E-state index contributed by atoms with van der Waals surface area (Å²) in [5.41, 5.74) is 0.327. The minimum absolute atomic E-state index is 0. The average molecular weight is 445 g/mol. The van der Waals surface area contributed by atoms with Crippen LogP contribution in [0.5, 0.6) is 11.5 Å². The van der Waals surface area contributed by atoms with Gasteiger partial charge in [0.1, 0.15) is 11.5 Å². The number of para-hydroxylation sites is 2. The zero-order valence-corrected chi connectivity index (χ0v) is 18.2. The van der Waals surface area contributed by atoms with Gasteiger partial charge in [-0.25, -0.2) is 0 Å². The van der Waals surface area contributed by atoms with E-state index in [0.717, 1.165) is 0 Å². The second-order valence-electron chi connectivity index (χ2n) is 7.58. The maximum absolute atomic E-state index is 9.43. The number of aliphatic imine (C=N–C) groups is 2. The summed E-state index contributed by atoms with van der Waals surface area (Å²) in [6, 6.07) is 13.9. The molecule has 161 valence electrons. The number of rotatable bonds is 6. The first kappa shape index (κ1) is 26.8. The van der Waals surface area contributed by atoms with Crippen LogP contribution in [0.3, 0.4) is 0 Å². The van der Waals surface area contributed by atoms with E-state index in [0.29, 0.717) is 11.1 Å². The predicted octanol–water partition coefficient (Wildman–Crippen LogP) is 3.16. The standard InChI is InChI=1S/2C11H15NO2.Co/c2*1-11(2,8-13)12-7-9-5-3-4-6-10(9)14;/h2*3-7,13-14H,8H2,1-2H3;. The van der Waals surface area contributed by atoms with E-state index in [1.54, 1.807) is 48.8 Å². The number of phenols is 2. The first-order valence-corrected chi connectivity index (χ1v) is 8.98. The van der Waals surface area contributed by atoms with Crippen LogP contribution >= 0.6 is 0 Å². The fraction of sp³-hybridized carbons (Fsp3) is 0.364. The number of aliphatic hydroxyl groups is 2. The summed E-state index contributed by atoms with van der Waals surface area (Å²) in [5, 5.41) is 36.8. The van der Waals surface area contributed by atoms with Gasteiger partial charge < -0.3 is 20.4 Å². The molecule has 6 nitrogen and oxygen atoms in total. The molecule has 2 aromatic rings. The summed E-state index contributed by atoms with van der Waals surface area (Å²) in [4.78, 5) is 8.34. The Kier molecular flexibility index (Phi) is 11.4. The van der Waals surface area contributed by atoms with Gasteiger partial charge in [0.25, 0.3) is 0 Å². The van der Waals surface area contributed by atoms with Crippen LogP contribution in [0.4, 0.5) is 0 Å². The smallest absolute Gasteiger partial charge is 0.124 e. The molecule has 1 radical (unpaired) electrons.